The van der Waals surface area contributed by atoms with Gasteiger partial charge in [-0.1, -0.05) is 6.92 Å². The molecule has 0 bridgehead atoms. The van der Waals surface area contributed by atoms with Gasteiger partial charge in [-0.25, -0.2) is 4.79 Å². The Labute approximate surface area is 102 Å². The zero-order valence-electron chi connectivity index (χ0n) is 11.0. The Morgan fingerprint density at radius 1 is 1.41 bits per heavy atom. The average Bonchev–Trinajstić information content (AvgIpc) is 2.25. The molecule has 0 aromatic heterocycles. The van der Waals surface area contributed by atoms with Crippen molar-refractivity contribution >= 4 is 11.9 Å². The highest BCUT2D eigenvalue weighted by Gasteiger charge is 2.34. The summed E-state index contributed by atoms with van der Waals surface area (Å²) in [6, 6.07) is -0.497. The number of hydrogen-bond donors (Lipinski definition) is 0. The molecule has 1 unspecified atom stereocenters. The lowest BCUT2D eigenvalue weighted by Crippen LogP contribution is -2.53. The molecule has 0 saturated carbocycles. The van der Waals surface area contributed by atoms with Gasteiger partial charge in [-0.2, -0.15) is 0 Å². The second-order valence-electron chi connectivity index (χ2n) is 5.08. The number of Topliss-reactive ketones (excluding diaryl/α,β-unsaturated/α-hetero) is 1. The average molecular weight is 243 g/mol. The van der Waals surface area contributed by atoms with E-state index < -0.39 is 17.7 Å². The SMILES string of the molecule is CCC(=O)C1COCCN1C(=O)OC(C)(C)C. The molecule has 5 nitrogen and oxygen atoms in total. The van der Waals surface area contributed by atoms with E-state index in [1.807, 2.05) is 20.8 Å². The van der Waals surface area contributed by atoms with E-state index in [9.17, 15) is 9.59 Å². The molecule has 1 atom stereocenters. The van der Waals surface area contributed by atoms with Gasteiger partial charge in [0.05, 0.1) is 13.2 Å². The minimum Gasteiger partial charge on any atom is -0.444 e. The fourth-order valence-electron chi connectivity index (χ4n) is 1.65. The highest BCUT2D eigenvalue weighted by molar-refractivity contribution is 5.87. The molecule has 0 aromatic carbocycles. The minimum atomic E-state index is -0.546. The van der Waals surface area contributed by atoms with Gasteiger partial charge >= 0.3 is 6.09 Å². The van der Waals surface area contributed by atoms with E-state index in [4.69, 9.17) is 9.47 Å². The Bertz CT molecular complexity index is 295. The van der Waals surface area contributed by atoms with Crippen molar-refractivity contribution in [3.05, 3.63) is 0 Å². The Balaban J connectivity index is 2.71. The van der Waals surface area contributed by atoms with Crippen molar-refractivity contribution < 1.29 is 19.1 Å². The van der Waals surface area contributed by atoms with Crippen LogP contribution in [0, 0.1) is 0 Å². The molecule has 1 aliphatic heterocycles. The van der Waals surface area contributed by atoms with Crippen molar-refractivity contribution in [1.29, 1.82) is 0 Å². The van der Waals surface area contributed by atoms with Crippen molar-refractivity contribution in [3.8, 4) is 0 Å². The number of amides is 1. The summed E-state index contributed by atoms with van der Waals surface area (Å²) in [5, 5.41) is 0. The van der Waals surface area contributed by atoms with E-state index in [2.05, 4.69) is 0 Å². The Morgan fingerprint density at radius 3 is 2.59 bits per heavy atom. The summed E-state index contributed by atoms with van der Waals surface area (Å²) in [6.07, 6.45) is -0.0413. The molecule has 1 amide bonds. The molecule has 0 aromatic rings. The first-order valence-corrected chi connectivity index (χ1v) is 5.95. The molecule has 0 radical (unpaired) electrons. The lowest BCUT2D eigenvalue weighted by molar-refractivity contribution is -0.129. The molecule has 1 aliphatic rings. The van der Waals surface area contributed by atoms with Crippen LogP contribution < -0.4 is 0 Å². The summed E-state index contributed by atoms with van der Waals surface area (Å²) < 4.78 is 10.5. The van der Waals surface area contributed by atoms with E-state index in [1.165, 1.54) is 4.90 Å². The largest absolute Gasteiger partial charge is 0.444 e. The summed E-state index contributed by atoms with van der Waals surface area (Å²) in [4.78, 5) is 25.1. The molecule has 1 rings (SSSR count). The molecule has 17 heavy (non-hydrogen) atoms. The van der Waals surface area contributed by atoms with Crippen LogP contribution in [0.15, 0.2) is 0 Å². The Morgan fingerprint density at radius 2 is 2.06 bits per heavy atom. The first-order valence-electron chi connectivity index (χ1n) is 5.95. The van der Waals surface area contributed by atoms with Gasteiger partial charge in [-0.05, 0) is 20.8 Å². The van der Waals surface area contributed by atoms with E-state index in [0.717, 1.165) is 0 Å². The zero-order valence-corrected chi connectivity index (χ0v) is 11.0. The van der Waals surface area contributed by atoms with E-state index >= 15 is 0 Å². The van der Waals surface area contributed by atoms with Gasteiger partial charge in [0.1, 0.15) is 11.6 Å². The summed E-state index contributed by atoms with van der Waals surface area (Å²) in [6.45, 7) is 8.33. The predicted octanol–water partition coefficient (Wildman–Crippen LogP) is 1.60. The molecule has 1 heterocycles. The van der Waals surface area contributed by atoms with Gasteiger partial charge in [0.15, 0.2) is 5.78 Å². The number of rotatable bonds is 2. The van der Waals surface area contributed by atoms with Crippen LogP contribution in [-0.2, 0) is 14.3 Å². The topological polar surface area (TPSA) is 55.8 Å². The summed E-state index contributed by atoms with van der Waals surface area (Å²) in [5.74, 6) is 0.00978. The normalized spacial score (nSPS) is 21.2. The minimum absolute atomic E-state index is 0.00978. The van der Waals surface area contributed by atoms with Gasteiger partial charge in [-0.15, -0.1) is 0 Å². The zero-order chi connectivity index (χ0) is 13.1. The lowest BCUT2D eigenvalue weighted by atomic mass is 10.1. The van der Waals surface area contributed by atoms with Crippen molar-refractivity contribution in [2.75, 3.05) is 19.8 Å². The van der Waals surface area contributed by atoms with Crippen LogP contribution in [-0.4, -0.2) is 48.2 Å². The second kappa shape index (κ2) is 5.49. The third-order valence-corrected chi connectivity index (χ3v) is 2.48. The molecule has 98 valence electrons. The van der Waals surface area contributed by atoms with Crippen LogP contribution in [0.5, 0.6) is 0 Å². The Hall–Kier alpha value is -1.10. The van der Waals surface area contributed by atoms with Crippen LogP contribution in [0.1, 0.15) is 34.1 Å². The number of morpholine rings is 1. The number of ether oxygens (including phenoxy) is 2. The van der Waals surface area contributed by atoms with Crippen LogP contribution in [0.2, 0.25) is 0 Å². The first kappa shape index (κ1) is 14.0. The first-order chi connectivity index (χ1) is 7.85. The summed E-state index contributed by atoms with van der Waals surface area (Å²) >= 11 is 0. The maximum atomic E-state index is 11.9. The van der Waals surface area contributed by atoms with E-state index in [0.29, 0.717) is 19.6 Å². The quantitative estimate of drug-likeness (QED) is 0.739. The van der Waals surface area contributed by atoms with Crippen molar-refractivity contribution in [3.63, 3.8) is 0 Å². The number of nitrogens with zero attached hydrogens (tertiary/aromatic N) is 1. The summed E-state index contributed by atoms with van der Waals surface area (Å²) in [7, 11) is 0. The lowest BCUT2D eigenvalue weighted by Gasteiger charge is -2.35. The molecular formula is C12H21NO4. The van der Waals surface area contributed by atoms with Gasteiger partial charge < -0.3 is 9.47 Å². The van der Waals surface area contributed by atoms with E-state index in [1.54, 1.807) is 6.92 Å². The van der Waals surface area contributed by atoms with Crippen molar-refractivity contribution in [2.24, 2.45) is 0 Å². The smallest absolute Gasteiger partial charge is 0.411 e. The van der Waals surface area contributed by atoms with Gasteiger partial charge in [0.2, 0.25) is 0 Å². The van der Waals surface area contributed by atoms with Crippen LogP contribution >= 0.6 is 0 Å². The highest BCUT2D eigenvalue weighted by atomic mass is 16.6. The highest BCUT2D eigenvalue weighted by Crippen LogP contribution is 2.15. The molecule has 0 spiro atoms. The van der Waals surface area contributed by atoms with Crippen LogP contribution in [0.4, 0.5) is 4.79 Å². The third-order valence-electron chi connectivity index (χ3n) is 2.48. The van der Waals surface area contributed by atoms with Crippen LogP contribution in [0.3, 0.4) is 0 Å². The molecular weight excluding hydrogens is 222 g/mol. The molecule has 0 N–H and O–H groups in total. The van der Waals surface area contributed by atoms with Gasteiger partial charge in [0.25, 0.3) is 0 Å². The summed E-state index contributed by atoms with van der Waals surface area (Å²) in [5.41, 5.74) is -0.546. The third kappa shape index (κ3) is 4.00. The van der Waals surface area contributed by atoms with Gasteiger partial charge in [0, 0.05) is 13.0 Å². The Kier molecular flexibility index (Phi) is 4.51. The number of carbonyl (C=O) groups excluding carboxylic acids is 2. The fraction of sp³-hybridized carbons (Fsp3) is 0.833. The molecule has 1 saturated heterocycles. The fourth-order valence-corrected chi connectivity index (χ4v) is 1.65. The number of ketones is 1. The molecule has 5 heteroatoms. The second-order valence-corrected chi connectivity index (χ2v) is 5.08. The van der Waals surface area contributed by atoms with Crippen LogP contribution in [0.25, 0.3) is 0 Å². The number of hydrogen-bond acceptors (Lipinski definition) is 4. The maximum Gasteiger partial charge on any atom is 0.411 e. The van der Waals surface area contributed by atoms with Gasteiger partial charge in [-0.3, -0.25) is 9.69 Å². The molecule has 0 aliphatic carbocycles. The molecule has 1 fully saturated rings. The monoisotopic (exact) mass is 243 g/mol. The number of carbonyl (C=O) groups is 2. The van der Waals surface area contributed by atoms with E-state index in [-0.39, 0.29) is 12.4 Å². The standard InChI is InChI=1S/C12H21NO4/c1-5-10(14)9-8-16-7-6-13(9)11(15)17-12(2,3)4/h9H,5-8H2,1-4H3. The predicted molar refractivity (Wildman–Crippen MR) is 62.8 cm³/mol. The van der Waals surface area contributed by atoms with Crippen molar-refractivity contribution in [2.45, 2.75) is 45.8 Å². The maximum absolute atomic E-state index is 11.9. The van der Waals surface area contributed by atoms with Crippen molar-refractivity contribution in [1.82, 2.24) is 4.90 Å².